The Labute approximate surface area is 154 Å². The van der Waals surface area contributed by atoms with Crippen LogP contribution in [0.1, 0.15) is 78.1 Å². The average Bonchev–Trinajstić information content (AvgIpc) is 3.05. The highest BCUT2D eigenvalue weighted by atomic mass is 15.1. The summed E-state index contributed by atoms with van der Waals surface area (Å²) in [4.78, 5) is 0. The van der Waals surface area contributed by atoms with Crippen molar-refractivity contribution in [3.05, 3.63) is 42.7 Å². The van der Waals surface area contributed by atoms with Crippen molar-refractivity contribution in [3.63, 3.8) is 0 Å². The van der Waals surface area contributed by atoms with Crippen molar-refractivity contribution in [2.45, 2.75) is 91.1 Å². The first kappa shape index (κ1) is 19.8. The highest BCUT2D eigenvalue weighted by Gasteiger charge is 2.18. The maximum absolute atomic E-state index is 2.46. The molecule has 0 unspecified atom stereocenters. The molecular formula is C23H37N2+. The largest absolute Gasteiger partial charge is 0.288 e. The van der Waals surface area contributed by atoms with Crippen LogP contribution in [0.5, 0.6) is 0 Å². The van der Waals surface area contributed by atoms with Crippen LogP contribution in [0.4, 0.5) is 0 Å². The molecule has 0 saturated heterocycles. The van der Waals surface area contributed by atoms with E-state index in [0.29, 0.717) is 0 Å². The van der Waals surface area contributed by atoms with E-state index in [0.717, 1.165) is 13.1 Å². The van der Waals surface area contributed by atoms with Gasteiger partial charge < -0.3 is 0 Å². The lowest BCUT2D eigenvalue weighted by molar-refractivity contribution is -0.686. The Hall–Kier alpha value is -1.57. The van der Waals surface area contributed by atoms with Gasteiger partial charge in [0, 0.05) is 0 Å². The highest BCUT2D eigenvalue weighted by Crippen LogP contribution is 2.17. The van der Waals surface area contributed by atoms with Gasteiger partial charge in [-0.2, -0.15) is 0 Å². The van der Waals surface area contributed by atoms with Crippen molar-refractivity contribution in [1.29, 1.82) is 0 Å². The van der Waals surface area contributed by atoms with Gasteiger partial charge in [-0.15, -0.1) is 0 Å². The van der Waals surface area contributed by atoms with Crippen LogP contribution in [-0.2, 0) is 13.1 Å². The van der Waals surface area contributed by atoms with Crippen LogP contribution >= 0.6 is 0 Å². The maximum atomic E-state index is 2.46. The van der Waals surface area contributed by atoms with Crippen LogP contribution in [-0.4, -0.2) is 4.57 Å². The second kappa shape index (κ2) is 11.9. The number of benzene rings is 1. The molecule has 0 aliphatic rings. The highest BCUT2D eigenvalue weighted by molar-refractivity contribution is 5.52. The first-order valence-corrected chi connectivity index (χ1v) is 10.5. The summed E-state index contributed by atoms with van der Waals surface area (Å²) in [7, 11) is 0. The van der Waals surface area contributed by atoms with E-state index in [1.807, 2.05) is 0 Å². The van der Waals surface area contributed by atoms with Gasteiger partial charge in [0.15, 0.2) is 0 Å². The third-order valence-electron chi connectivity index (χ3n) is 5.01. The van der Waals surface area contributed by atoms with Gasteiger partial charge in [0.1, 0.15) is 12.4 Å². The molecule has 25 heavy (non-hydrogen) atoms. The van der Waals surface area contributed by atoms with Crippen molar-refractivity contribution in [1.82, 2.24) is 4.57 Å². The van der Waals surface area contributed by atoms with E-state index < -0.39 is 0 Å². The average molecular weight is 342 g/mol. The van der Waals surface area contributed by atoms with Gasteiger partial charge in [-0.1, -0.05) is 77.0 Å². The van der Waals surface area contributed by atoms with Gasteiger partial charge in [0.25, 0.3) is 5.82 Å². The van der Waals surface area contributed by atoms with Crippen LogP contribution in [0.2, 0.25) is 0 Å². The summed E-state index contributed by atoms with van der Waals surface area (Å²) in [5.41, 5.74) is 1.34. The lowest BCUT2D eigenvalue weighted by atomic mass is 10.1. The zero-order valence-electron chi connectivity index (χ0n) is 16.4. The van der Waals surface area contributed by atoms with Crippen LogP contribution < -0.4 is 4.57 Å². The van der Waals surface area contributed by atoms with Crippen molar-refractivity contribution >= 4 is 0 Å². The lowest BCUT2D eigenvalue weighted by Gasteiger charge is -2.06. The minimum atomic E-state index is 1.12. The Morgan fingerprint density at radius 1 is 0.760 bits per heavy atom. The summed E-state index contributed by atoms with van der Waals surface area (Å²) in [5, 5.41) is 0. The molecule has 0 saturated carbocycles. The number of hydrogen-bond donors (Lipinski definition) is 0. The topological polar surface area (TPSA) is 8.81 Å². The predicted molar refractivity (Wildman–Crippen MR) is 108 cm³/mol. The van der Waals surface area contributed by atoms with Gasteiger partial charge in [0.2, 0.25) is 0 Å². The molecule has 0 N–H and O–H groups in total. The molecule has 0 amide bonds. The molecule has 1 heterocycles. The summed E-state index contributed by atoms with van der Waals surface area (Å²) in [5.74, 6) is 1.37. The number of aryl methyl sites for hydroxylation is 2. The molecule has 0 bridgehead atoms. The van der Waals surface area contributed by atoms with Crippen molar-refractivity contribution in [3.8, 4) is 11.4 Å². The molecule has 0 aliphatic carbocycles. The molecule has 2 aromatic rings. The number of rotatable bonds is 13. The number of nitrogens with zero attached hydrogens (tertiary/aromatic N) is 2. The van der Waals surface area contributed by atoms with E-state index in [-0.39, 0.29) is 0 Å². The minimum absolute atomic E-state index is 1.12. The van der Waals surface area contributed by atoms with E-state index in [9.17, 15) is 0 Å². The summed E-state index contributed by atoms with van der Waals surface area (Å²) >= 11 is 0. The smallest absolute Gasteiger partial charge is 0.230 e. The molecule has 0 atom stereocenters. The molecule has 1 aromatic heterocycles. The van der Waals surface area contributed by atoms with Crippen molar-refractivity contribution in [2.24, 2.45) is 0 Å². The summed E-state index contributed by atoms with van der Waals surface area (Å²) in [6.07, 6.45) is 18.1. The molecule has 0 aliphatic heterocycles. The van der Waals surface area contributed by atoms with E-state index in [2.05, 4.69) is 65.7 Å². The van der Waals surface area contributed by atoms with Crippen LogP contribution in [0.3, 0.4) is 0 Å². The van der Waals surface area contributed by atoms with Crippen molar-refractivity contribution < 1.29 is 4.57 Å². The van der Waals surface area contributed by atoms with E-state index >= 15 is 0 Å². The number of aromatic nitrogens is 2. The Balaban J connectivity index is 1.88. The summed E-state index contributed by atoms with van der Waals surface area (Å²) in [6, 6.07) is 10.9. The second-order valence-corrected chi connectivity index (χ2v) is 7.20. The zero-order valence-corrected chi connectivity index (χ0v) is 16.4. The molecule has 2 heteroatoms. The van der Waals surface area contributed by atoms with Gasteiger partial charge in [-0.3, -0.25) is 0 Å². The molecule has 1 aromatic carbocycles. The minimum Gasteiger partial charge on any atom is -0.230 e. The molecule has 0 radical (unpaired) electrons. The third kappa shape index (κ3) is 6.68. The predicted octanol–water partition coefficient (Wildman–Crippen LogP) is 6.38. The van der Waals surface area contributed by atoms with Gasteiger partial charge in [0.05, 0.1) is 18.7 Å². The van der Waals surface area contributed by atoms with Crippen LogP contribution in [0.25, 0.3) is 11.4 Å². The van der Waals surface area contributed by atoms with E-state index in [4.69, 9.17) is 0 Å². The maximum Gasteiger partial charge on any atom is 0.288 e. The molecule has 138 valence electrons. The number of imidazole rings is 1. The van der Waals surface area contributed by atoms with E-state index in [1.54, 1.807) is 0 Å². The zero-order chi connectivity index (χ0) is 17.7. The Kier molecular flexibility index (Phi) is 9.40. The fraction of sp³-hybridized carbons (Fsp3) is 0.609. The third-order valence-corrected chi connectivity index (χ3v) is 5.01. The fourth-order valence-corrected chi connectivity index (χ4v) is 3.49. The molecule has 2 nitrogen and oxygen atoms in total. The van der Waals surface area contributed by atoms with Gasteiger partial charge in [-0.05, 0) is 31.4 Å². The Bertz CT molecular complexity index is 571. The fourth-order valence-electron chi connectivity index (χ4n) is 3.49. The molecule has 2 rings (SSSR count). The van der Waals surface area contributed by atoms with Gasteiger partial charge in [-0.25, -0.2) is 9.13 Å². The van der Waals surface area contributed by atoms with Crippen LogP contribution in [0.15, 0.2) is 42.7 Å². The normalized spacial score (nSPS) is 11.1. The summed E-state index contributed by atoms with van der Waals surface area (Å²) < 4.78 is 4.89. The Morgan fingerprint density at radius 3 is 2.08 bits per heavy atom. The molecular weight excluding hydrogens is 304 g/mol. The van der Waals surface area contributed by atoms with Crippen LogP contribution in [0, 0.1) is 0 Å². The van der Waals surface area contributed by atoms with Gasteiger partial charge >= 0.3 is 0 Å². The summed E-state index contributed by atoms with van der Waals surface area (Å²) in [6.45, 7) is 6.80. The molecule has 0 fully saturated rings. The lowest BCUT2D eigenvalue weighted by Crippen LogP contribution is -2.34. The van der Waals surface area contributed by atoms with Crippen molar-refractivity contribution in [2.75, 3.05) is 0 Å². The number of unbranched alkanes of at least 4 members (excludes halogenated alkanes) is 8. The Morgan fingerprint density at radius 2 is 1.40 bits per heavy atom. The second-order valence-electron chi connectivity index (χ2n) is 7.20. The monoisotopic (exact) mass is 341 g/mol. The molecule has 0 spiro atoms. The first-order chi connectivity index (χ1) is 12.4. The van der Waals surface area contributed by atoms with E-state index in [1.165, 1.54) is 75.6 Å². The quantitative estimate of drug-likeness (QED) is 0.295. The number of hydrogen-bond acceptors (Lipinski definition) is 0. The SMILES string of the molecule is CCCCCCCCCC[n+]1ccn(CCCC)c1-c1ccccc1. The first-order valence-electron chi connectivity index (χ1n) is 10.5. The standard InChI is InChI=1S/C23H37N2/c1-3-5-7-8-9-10-11-15-19-25-21-20-24(18-6-4-2)23(25)22-16-13-12-14-17-22/h12-14,16-17,20-21H,3-11,15,18-19H2,1-2H3/q+1.